The molecule has 2 rings (SSSR count). The summed E-state index contributed by atoms with van der Waals surface area (Å²) < 4.78 is 17.3. The molecule has 4 nitrogen and oxygen atoms in total. The Morgan fingerprint density at radius 2 is 1.74 bits per heavy atom. The van der Waals surface area contributed by atoms with E-state index in [1.807, 2.05) is 27.7 Å². The van der Waals surface area contributed by atoms with Crippen molar-refractivity contribution in [1.29, 1.82) is 5.26 Å². The van der Waals surface area contributed by atoms with Crippen LogP contribution in [0.5, 0.6) is 5.75 Å². The largest absolute Gasteiger partial charge is 0.500 e. The van der Waals surface area contributed by atoms with Gasteiger partial charge in [-0.25, -0.2) is 0 Å². The van der Waals surface area contributed by atoms with Gasteiger partial charge in [0.2, 0.25) is 0 Å². The molecule has 5 heteroatoms. The fraction of sp³-hybridized carbons (Fsp3) is 0.500. The van der Waals surface area contributed by atoms with Crippen molar-refractivity contribution in [2.45, 2.75) is 38.9 Å². The average molecular weight is 259 g/mol. The minimum absolute atomic E-state index is 0.439. The van der Waals surface area contributed by atoms with E-state index >= 15 is 0 Å². The van der Waals surface area contributed by atoms with E-state index in [0.29, 0.717) is 16.8 Å². The molecule has 0 atom stereocenters. The summed E-state index contributed by atoms with van der Waals surface area (Å²) in [5, 5.41) is 9.24. The molecule has 0 amide bonds. The van der Waals surface area contributed by atoms with Gasteiger partial charge < -0.3 is 14.0 Å². The van der Waals surface area contributed by atoms with E-state index in [-0.39, 0.29) is 0 Å². The van der Waals surface area contributed by atoms with Crippen molar-refractivity contribution in [2.24, 2.45) is 0 Å². The second-order valence-corrected chi connectivity index (χ2v) is 5.62. The molecule has 1 heterocycles. The van der Waals surface area contributed by atoms with Crippen molar-refractivity contribution >= 4 is 12.6 Å². The SMILES string of the molecule is COc1cccc(C#N)c1B1OC(C)(C)C(C)(C)O1. The second kappa shape index (κ2) is 4.55. The Kier molecular flexibility index (Phi) is 3.33. The molecule has 0 aromatic heterocycles. The van der Waals surface area contributed by atoms with Gasteiger partial charge in [0.05, 0.1) is 29.9 Å². The van der Waals surface area contributed by atoms with E-state index in [4.69, 9.17) is 14.0 Å². The zero-order chi connectivity index (χ0) is 14.3. The standard InChI is InChI=1S/C14H18BNO3/c1-13(2)14(3,4)19-15(18-13)12-10(9-16)7-6-8-11(12)17-5/h6-8H,1-5H3. The molecule has 0 spiro atoms. The molecule has 1 aliphatic rings. The zero-order valence-electron chi connectivity index (χ0n) is 12.0. The van der Waals surface area contributed by atoms with Crippen LogP contribution in [0.25, 0.3) is 0 Å². The first kappa shape index (κ1) is 13.9. The minimum atomic E-state index is -0.587. The number of rotatable bonds is 2. The lowest BCUT2D eigenvalue weighted by Gasteiger charge is -2.32. The Labute approximate surface area is 114 Å². The van der Waals surface area contributed by atoms with Crippen molar-refractivity contribution in [2.75, 3.05) is 7.11 Å². The summed E-state index contributed by atoms with van der Waals surface area (Å²) in [7, 11) is 0.987. The third kappa shape index (κ3) is 2.22. The summed E-state index contributed by atoms with van der Waals surface area (Å²) in [6.07, 6.45) is 0. The van der Waals surface area contributed by atoms with E-state index in [1.54, 1.807) is 25.3 Å². The molecule has 19 heavy (non-hydrogen) atoms. The highest BCUT2D eigenvalue weighted by molar-refractivity contribution is 6.64. The van der Waals surface area contributed by atoms with Crippen molar-refractivity contribution in [3.63, 3.8) is 0 Å². The van der Waals surface area contributed by atoms with E-state index in [9.17, 15) is 5.26 Å². The van der Waals surface area contributed by atoms with Crippen molar-refractivity contribution < 1.29 is 14.0 Å². The number of nitrogens with zero attached hydrogens (tertiary/aromatic N) is 1. The Hall–Kier alpha value is -1.51. The molecule has 1 saturated heterocycles. The van der Waals surface area contributed by atoms with Crippen LogP contribution in [-0.2, 0) is 9.31 Å². The number of hydrogen-bond acceptors (Lipinski definition) is 4. The summed E-state index contributed by atoms with van der Waals surface area (Å²) in [4.78, 5) is 0. The Morgan fingerprint density at radius 1 is 1.16 bits per heavy atom. The minimum Gasteiger partial charge on any atom is -0.497 e. The monoisotopic (exact) mass is 259 g/mol. The van der Waals surface area contributed by atoms with Crippen LogP contribution in [0, 0.1) is 11.3 Å². The highest BCUT2D eigenvalue weighted by Crippen LogP contribution is 2.37. The van der Waals surface area contributed by atoms with Crippen LogP contribution in [0.3, 0.4) is 0 Å². The van der Waals surface area contributed by atoms with Gasteiger partial charge in [-0.1, -0.05) is 6.07 Å². The molecule has 0 radical (unpaired) electrons. The van der Waals surface area contributed by atoms with Gasteiger partial charge in [-0.2, -0.15) is 5.26 Å². The van der Waals surface area contributed by atoms with E-state index in [0.717, 1.165) is 0 Å². The predicted octanol–water partition coefficient (Wildman–Crippen LogP) is 1.87. The molecule has 1 aliphatic heterocycles. The van der Waals surface area contributed by atoms with Gasteiger partial charge in [-0.05, 0) is 39.8 Å². The van der Waals surface area contributed by atoms with E-state index < -0.39 is 18.3 Å². The summed E-state index contributed by atoms with van der Waals surface area (Å²) in [5.41, 5.74) is 0.292. The summed E-state index contributed by atoms with van der Waals surface area (Å²) >= 11 is 0. The van der Waals surface area contributed by atoms with Crippen molar-refractivity contribution in [3.8, 4) is 11.8 Å². The van der Waals surface area contributed by atoms with Gasteiger partial charge >= 0.3 is 7.12 Å². The van der Waals surface area contributed by atoms with E-state index in [1.165, 1.54) is 0 Å². The molecular formula is C14H18BNO3. The molecule has 0 N–H and O–H groups in total. The maximum atomic E-state index is 9.24. The van der Waals surface area contributed by atoms with E-state index in [2.05, 4.69) is 6.07 Å². The lowest BCUT2D eigenvalue weighted by atomic mass is 9.75. The molecule has 0 aliphatic carbocycles. The van der Waals surface area contributed by atoms with Crippen LogP contribution in [-0.4, -0.2) is 25.4 Å². The molecule has 1 fully saturated rings. The summed E-state index contributed by atoms with van der Waals surface area (Å²) in [6.45, 7) is 7.92. The molecule has 1 aromatic rings. The van der Waals surface area contributed by atoms with Crippen molar-refractivity contribution in [3.05, 3.63) is 23.8 Å². The lowest BCUT2D eigenvalue weighted by molar-refractivity contribution is 0.00578. The number of benzene rings is 1. The molecule has 0 bridgehead atoms. The lowest BCUT2D eigenvalue weighted by Crippen LogP contribution is -2.41. The Morgan fingerprint density at radius 3 is 2.21 bits per heavy atom. The molecule has 1 aromatic carbocycles. The fourth-order valence-corrected chi connectivity index (χ4v) is 2.02. The summed E-state index contributed by atoms with van der Waals surface area (Å²) in [5.74, 6) is 0.609. The normalized spacial score (nSPS) is 20.1. The Balaban J connectivity index is 2.48. The maximum Gasteiger partial charge on any atom is 0.500 e. The highest BCUT2D eigenvalue weighted by Gasteiger charge is 2.53. The van der Waals surface area contributed by atoms with Crippen molar-refractivity contribution in [1.82, 2.24) is 0 Å². The van der Waals surface area contributed by atoms with Gasteiger partial charge in [0.25, 0.3) is 0 Å². The third-order valence-corrected chi connectivity index (χ3v) is 3.90. The predicted molar refractivity (Wildman–Crippen MR) is 73.4 cm³/mol. The number of methoxy groups -OCH3 is 1. The molecule has 100 valence electrons. The van der Waals surface area contributed by atoms with Gasteiger partial charge in [-0.3, -0.25) is 0 Å². The first-order valence-corrected chi connectivity index (χ1v) is 6.25. The second-order valence-electron chi connectivity index (χ2n) is 5.62. The number of ether oxygens (including phenoxy) is 1. The quantitative estimate of drug-likeness (QED) is 0.761. The van der Waals surface area contributed by atoms with Crippen LogP contribution in [0.4, 0.5) is 0 Å². The van der Waals surface area contributed by atoms with Gasteiger partial charge in [0, 0.05) is 5.46 Å². The van der Waals surface area contributed by atoms with Crippen LogP contribution in [0.2, 0.25) is 0 Å². The first-order valence-electron chi connectivity index (χ1n) is 6.25. The molecule has 0 saturated carbocycles. The van der Waals surface area contributed by atoms with Gasteiger partial charge in [0.1, 0.15) is 5.75 Å². The molecular weight excluding hydrogens is 241 g/mol. The average Bonchev–Trinajstić information content (AvgIpc) is 2.57. The summed E-state index contributed by atoms with van der Waals surface area (Å²) in [6, 6.07) is 7.49. The number of nitriles is 1. The topological polar surface area (TPSA) is 51.5 Å². The number of hydrogen-bond donors (Lipinski definition) is 0. The first-order chi connectivity index (χ1) is 8.82. The third-order valence-electron chi connectivity index (χ3n) is 3.90. The van der Waals surface area contributed by atoms with Crippen LogP contribution >= 0.6 is 0 Å². The maximum absolute atomic E-state index is 9.24. The fourth-order valence-electron chi connectivity index (χ4n) is 2.02. The zero-order valence-corrected chi connectivity index (χ0v) is 12.0. The Bertz CT molecular complexity index is 518. The van der Waals surface area contributed by atoms with Gasteiger partial charge in [-0.15, -0.1) is 0 Å². The van der Waals surface area contributed by atoms with Crippen LogP contribution in [0.15, 0.2) is 18.2 Å². The van der Waals surface area contributed by atoms with Gasteiger partial charge in [0.15, 0.2) is 0 Å². The molecule has 0 unspecified atom stereocenters. The smallest absolute Gasteiger partial charge is 0.497 e. The van der Waals surface area contributed by atoms with Crippen LogP contribution in [0.1, 0.15) is 33.3 Å². The highest BCUT2D eigenvalue weighted by atomic mass is 16.7. The van der Waals surface area contributed by atoms with Crippen LogP contribution < -0.4 is 10.2 Å².